The van der Waals surface area contributed by atoms with E-state index in [-0.39, 0.29) is 24.2 Å². The maximum atomic E-state index is 13.6. The summed E-state index contributed by atoms with van der Waals surface area (Å²) in [5, 5.41) is 7.86. The molecule has 1 fully saturated rings. The SMILES string of the molecule is O=C(c1cccs1)N(CCN1CCOCC1)CC(=O)N1N=C(c2ccc(F)cc2)C[C@H]1c1ccco1. The Morgan fingerprint density at radius 3 is 2.61 bits per heavy atom. The number of furan rings is 1. The van der Waals surface area contributed by atoms with E-state index < -0.39 is 6.04 Å². The Labute approximate surface area is 212 Å². The lowest BCUT2D eigenvalue weighted by atomic mass is 10.0. The summed E-state index contributed by atoms with van der Waals surface area (Å²) in [6.45, 7) is 3.88. The second-order valence-corrected chi connectivity index (χ2v) is 9.63. The van der Waals surface area contributed by atoms with Gasteiger partial charge in [-0.1, -0.05) is 18.2 Å². The molecule has 1 atom stereocenters. The molecule has 8 nitrogen and oxygen atoms in total. The monoisotopic (exact) mass is 510 g/mol. The molecule has 0 N–H and O–H groups in total. The van der Waals surface area contributed by atoms with Gasteiger partial charge in [0.25, 0.3) is 11.8 Å². The molecular weight excluding hydrogens is 483 g/mol. The largest absolute Gasteiger partial charge is 0.467 e. The predicted octanol–water partition coefficient (Wildman–Crippen LogP) is 3.63. The van der Waals surface area contributed by atoms with Crippen molar-refractivity contribution in [1.82, 2.24) is 14.8 Å². The summed E-state index contributed by atoms with van der Waals surface area (Å²) in [6.07, 6.45) is 1.99. The van der Waals surface area contributed by atoms with Crippen LogP contribution in [0.1, 0.15) is 33.5 Å². The Morgan fingerprint density at radius 2 is 1.92 bits per heavy atom. The molecule has 0 radical (unpaired) electrons. The van der Waals surface area contributed by atoms with E-state index in [4.69, 9.17) is 9.15 Å². The molecule has 2 amide bonds. The fourth-order valence-corrected chi connectivity index (χ4v) is 5.08. The fourth-order valence-electron chi connectivity index (χ4n) is 4.39. The number of halogens is 1. The maximum absolute atomic E-state index is 13.6. The van der Waals surface area contributed by atoms with E-state index in [0.717, 1.165) is 18.7 Å². The molecule has 36 heavy (non-hydrogen) atoms. The highest BCUT2D eigenvalue weighted by molar-refractivity contribution is 7.12. The minimum Gasteiger partial charge on any atom is -0.467 e. The molecule has 0 unspecified atom stereocenters. The van der Waals surface area contributed by atoms with Gasteiger partial charge in [0.05, 0.1) is 30.1 Å². The number of rotatable bonds is 8. The molecular formula is C26H27FN4O4S. The number of benzene rings is 1. The van der Waals surface area contributed by atoms with Crippen LogP contribution in [0.25, 0.3) is 0 Å². The lowest BCUT2D eigenvalue weighted by Crippen LogP contribution is -2.46. The number of amides is 2. The molecule has 0 bridgehead atoms. The third-order valence-corrected chi connectivity index (χ3v) is 7.21. The van der Waals surface area contributed by atoms with Gasteiger partial charge in [0.15, 0.2) is 0 Å². The van der Waals surface area contributed by atoms with Crippen LogP contribution < -0.4 is 0 Å². The van der Waals surface area contributed by atoms with Gasteiger partial charge in [-0.2, -0.15) is 5.10 Å². The lowest BCUT2D eigenvalue weighted by Gasteiger charge is -2.30. The van der Waals surface area contributed by atoms with Crippen molar-refractivity contribution in [2.45, 2.75) is 12.5 Å². The number of carbonyl (C=O) groups is 2. The van der Waals surface area contributed by atoms with Gasteiger partial charge in [0, 0.05) is 32.6 Å². The van der Waals surface area contributed by atoms with Crippen LogP contribution in [0.4, 0.5) is 4.39 Å². The number of ether oxygens (including phenoxy) is 1. The van der Waals surface area contributed by atoms with Gasteiger partial charge in [-0.15, -0.1) is 11.3 Å². The minimum atomic E-state index is -0.439. The minimum absolute atomic E-state index is 0.113. The van der Waals surface area contributed by atoms with Crippen LogP contribution in [0.5, 0.6) is 0 Å². The average molecular weight is 511 g/mol. The number of carbonyl (C=O) groups excluding carboxylic acids is 2. The summed E-state index contributed by atoms with van der Waals surface area (Å²) in [5.41, 5.74) is 1.40. The van der Waals surface area contributed by atoms with Crippen molar-refractivity contribution in [3.8, 4) is 0 Å². The second-order valence-electron chi connectivity index (χ2n) is 8.69. The highest BCUT2D eigenvalue weighted by Gasteiger charge is 2.36. The van der Waals surface area contributed by atoms with E-state index in [1.54, 1.807) is 41.5 Å². The molecule has 2 aromatic heterocycles. The number of hydrazone groups is 1. The van der Waals surface area contributed by atoms with E-state index >= 15 is 0 Å². The van der Waals surface area contributed by atoms with Crippen molar-refractivity contribution in [3.63, 3.8) is 0 Å². The Hall–Kier alpha value is -3.34. The lowest BCUT2D eigenvalue weighted by molar-refractivity contribution is -0.134. The van der Waals surface area contributed by atoms with Gasteiger partial charge in [0.2, 0.25) is 0 Å². The van der Waals surface area contributed by atoms with Crippen molar-refractivity contribution >= 4 is 28.9 Å². The zero-order valence-corrected chi connectivity index (χ0v) is 20.5. The van der Waals surface area contributed by atoms with Gasteiger partial charge in [-0.3, -0.25) is 14.5 Å². The third-order valence-electron chi connectivity index (χ3n) is 6.35. The zero-order chi connectivity index (χ0) is 24.9. The van der Waals surface area contributed by atoms with Crippen molar-refractivity contribution in [1.29, 1.82) is 0 Å². The summed E-state index contributed by atoms with van der Waals surface area (Å²) in [7, 11) is 0. The highest BCUT2D eigenvalue weighted by atomic mass is 32.1. The second kappa shape index (κ2) is 11.2. The normalized spacial score (nSPS) is 18.3. The molecule has 0 aliphatic carbocycles. The molecule has 1 aromatic carbocycles. The van der Waals surface area contributed by atoms with Crippen LogP contribution in [-0.4, -0.2) is 78.3 Å². The van der Waals surface area contributed by atoms with Gasteiger partial charge in [-0.25, -0.2) is 9.40 Å². The van der Waals surface area contributed by atoms with Crippen LogP contribution in [0.3, 0.4) is 0 Å². The van der Waals surface area contributed by atoms with Crippen molar-refractivity contribution in [3.05, 3.63) is 82.2 Å². The van der Waals surface area contributed by atoms with Crippen molar-refractivity contribution < 1.29 is 23.1 Å². The van der Waals surface area contributed by atoms with E-state index in [9.17, 15) is 14.0 Å². The number of nitrogens with zero attached hydrogens (tertiary/aromatic N) is 4. The molecule has 1 saturated heterocycles. The first-order valence-electron chi connectivity index (χ1n) is 11.9. The number of hydrogen-bond acceptors (Lipinski definition) is 7. The molecule has 2 aliphatic rings. The molecule has 3 aromatic rings. The highest BCUT2D eigenvalue weighted by Crippen LogP contribution is 2.33. The van der Waals surface area contributed by atoms with Gasteiger partial charge >= 0.3 is 0 Å². The molecule has 5 rings (SSSR count). The number of morpholine rings is 1. The van der Waals surface area contributed by atoms with Crippen LogP contribution in [0, 0.1) is 5.82 Å². The van der Waals surface area contributed by atoms with E-state index in [1.165, 1.54) is 28.5 Å². The van der Waals surface area contributed by atoms with E-state index in [0.29, 0.717) is 49.1 Å². The summed E-state index contributed by atoms with van der Waals surface area (Å²) in [6, 6.07) is 12.8. The first kappa shape index (κ1) is 24.4. The number of hydrogen-bond donors (Lipinski definition) is 0. The first-order chi connectivity index (χ1) is 17.6. The molecule has 0 spiro atoms. The van der Waals surface area contributed by atoms with E-state index in [1.807, 2.05) is 11.4 Å². The third kappa shape index (κ3) is 5.56. The Kier molecular flexibility index (Phi) is 7.55. The predicted molar refractivity (Wildman–Crippen MR) is 133 cm³/mol. The quantitative estimate of drug-likeness (QED) is 0.463. The van der Waals surface area contributed by atoms with E-state index in [2.05, 4.69) is 10.0 Å². The van der Waals surface area contributed by atoms with Crippen molar-refractivity contribution in [2.24, 2.45) is 5.10 Å². The van der Waals surface area contributed by atoms with Crippen molar-refractivity contribution in [2.75, 3.05) is 45.9 Å². The van der Waals surface area contributed by atoms with Gasteiger partial charge in [-0.05, 0) is 41.3 Å². The van der Waals surface area contributed by atoms with Crippen LogP contribution >= 0.6 is 11.3 Å². The van der Waals surface area contributed by atoms with Crippen LogP contribution in [0.15, 0.2) is 69.7 Å². The van der Waals surface area contributed by atoms with Crippen LogP contribution in [-0.2, 0) is 9.53 Å². The molecule has 10 heteroatoms. The molecule has 4 heterocycles. The Morgan fingerprint density at radius 1 is 1.11 bits per heavy atom. The molecule has 2 aliphatic heterocycles. The summed E-state index contributed by atoms with van der Waals surface area (Å²) in [4.78, 5) is 31.3. The first-order valence-corrected chi connectivity index (χ1v) is 12.8. The Balaban J connectivity index is 1.36. The summed E-state index contributed by atoms with van der Waals surface area (Å²) >= 11 is 1.35. The Bertz CT molecular complexity index is 1190. The van der Waals surface area contributed by atoms with Gasteiger partial charge < -0.3 is 14.1 Å². The molecule has 188 valence electrons. The maximum Gasteiger partial charge on any atom is 0.264 e. The van der Waals surface area contributed by atoms with Crippen LogP contribution in [0.2, 0.25) is 0 Å². The fraction of sp³-hybridized carbons (Fsp3) is 0.346. The summed E-state index contributed by atoms with van der Waals surface area (Å²) < 4.78 is 24.5. The smallest absolute Gasteiger partial charge is 0.264 e. The molecule has 0 saturated carbocycles. The summed E-state index contributed by atoms with van der Waals surface area (Å²) in [5.74, 6) is -0.215. The standard InChI is InChI=1S/C26H27FN4O4S/c27-20-7-5-19(6-8-20)21-17-22(23-3-1-13-35-23)31(28-21)25(32)18-30(26(33)24-4-2-16-36-24)10-9-29-11-14-34-15-12-29/h1-8,13,16,22H,9-12,14-15,17-18H2/t22-/m0/s1. The zero-order valence-electron chi connectivity index (χ0n) is 19.7. The topological polar surface area (TPSA) is 78.6 Å². The number of thiophene rings is 1. The van der Waals surface area contributed by atoms with Gasteiger partial charge in [0.1, 0.15) is 24.2 Å². The average Bonchev–Trinajstić information content (AvgIpc) is 3.68.